The molecule has 0 fully saturated rings. The Labute approximate surface area is 110 Å². The highest BCUT2D eigenvalue weighted by Crippen LogP contribution is 2.33. The zero-order valence-corrected chi connectivity index (χ0v) is 11.3. The van der Waals surface area contributed by atoms with Crippen LogP contribution in [0.2, 0.25) is 4.34 Å². The summed E-state index contributed by atoms with van der Waals surface area (Å²) in [7, 11) is 1.65. The Kier molecular flexibility index (Phi) is 3.72. The second-order valence-electron chi connectivity index (χ2n) is 3.86. The topological polar surface area (TPSA) is 35.2 Å². The summed E-state index contributed by atoms with van der Waals surface area (Å²) in [5.74, 6) is 0.817. The van der Waals surface area contributed by atoms with E-state index in [0.29, 0.717) is 0 Å². The lowest BCUT2D eigenvalue weighted by molar-refractivity contribution is 0.414. The average Bonchev–Trinajstić information content (AvgIpc) is 2.69. The molecule has 0 saturated carbocycles. The lowest BCUT2D eigenvalue weighted by Crippen LogP contribution is -2.10. The molecule has 0 bridgehead atoms. The van der Waals surface area contributed by atoms with Crippen molar-refractivity contribution < 1.29 is 4.74 Å². The van der Waals surface area contributed by atoms with Crippen LogP contribution in [0.1, 0.15) is 22.0 Å². The van der Waals surface area contributed by atoms with Crippen molar-refractivity contribution in [1.82, 2.24) is 0 Å². The summed E-state index contributed by atoms with van der Waals surface area (Å²) in [5, 5.41) is 0. The van der Waals surface area contributed by atoms with Crippen molar-refractivity contribution in [3.05, 3.63) is 50.7 Å². The number of methoxy groups -OCH3 is 1. The van der Waals surface area contributed by atoms with Crippen LogP contribution >= 0.6 is 22.9 Å². The zero-order valence-electron chi connectivity index (χ0n) is 9.74. The minimum Gasteiger partial charge on any atom is -0.497 e. The van der Waals surface area contributed by atoms with Crippen LogP contribution in [0.4, 0.5) is 0 Å². The van der Waals surface area contributed by atoms with Crippen LogP contribution in [0.5, 0.6) is 5.75 Å². The number of hydrogen-bond donors (Lipinski definition) is 1. The number of thiophene rings is 1. The van der Waals surface area contributed by atoms with Crippen LogP contribution in [0, 0.1) is 6.92 Å². The van der Waals surface area contributed by atoms with Crippen LogP contribution in [0.25, 0.3) is 0 Å². The summed E-state index contributed by atoms with van der Waals surface area (Å²) in [4.78, 5) is 1.07. The van der Waals surface area contributed by atoms with Crippen molar-refractivity contribution in [1.29, 1.82) is 0 Å². The highest BCUT2D eigenvalue weighted by Gasteiger charge is 2.13. The standard InChI is InChI=1S/C13H14ClNOS/c1-8-6-11(17-13(8)14)12(15)9-4-3-5-10(7-9)16-2/h3-7,12H,15H2,1-2H3. The van der Waals surface area contributed by atoms with Crippen molar-refractivity contribution in [3.8, 4) is 5.75 Å². The van der Waals surface area contributed by atoms with Crippen LogP contribution in [0.15, 0.2) is 30.3 Å². The van der Waals surface area contributed by atoms with Gasteiger partial charge in [-0.05, 0) is 36.2 Å². The molecule has 90 valence electrons. The van der Waals surface area contributed by atoms with Gasteiger partial charge in [0.2, 0.25) is 0 Å². The van der Waals surface area contributed by atoms with Gasteiger partial charge in [0.05, 0.1) is 17.5 Å². The molecule has 1 unspecified atom stereocenters. The first kappa shape index (κ1) is 12.4. The average molecular weight is 268 g/mol. The number of halogens is 1. The number of aryl methyl sites for hydroxylation is 1. The van der Waals surface area contributed by atoms with Gasteiger partial charge in [0.25, 0.3) is 0 Å². The van der Waals surface area contributed by atoms with Gasteiger partial charge >= 0.3 is 0 Å². The van der Waals surface area contributed by atoms with E-state index in [-0.39, 0.29) is 6.04 Å². The third-order valence-corrected chi connectivity index (χ3v) is 4.27. The molecule has 17 heavy (non-hydrogen) atoms. The van der Waals surface area contributed by atoms with Gasteiger partial charge in [0.1, 0.15) is 5.75 Å². The van der Waals surface area contributed by atoms with E-state index in [0.717, 1.165) is 26.1 Å². The molecule has 1 atom stereocenters. The fourth-order valence-electron chi connectivity index (χ4n) is 1.64. The highest BCUT2D eigenvalue weighted by atomic mass is 35.5. The minimum absolute atomic E-state index is 0.152. The molecule has 1 aromatic heterocycles. The zero-order chi connectivity index (χ0) is 12.4. The third kappa shape index (κ3) is 2.63. The van der Waals surface area contributed by atoms with E-state index in [9.17, 15) is 0 Å². The first-order valence-electron chi connectivity index (χ1n) is 5.27. The largest absolute Gasteiger partial charge is 0.497 e. The van der Waals surface area contributed by atoms with Gasteiger partial charge in [0.15, 0.2) is 0 Å². The predicted molar refractivity (Wildman–Crippen MR) is 73.1 cm³/mol. The second-order valence-corrected chi connectivity index (χ2v) is 5.55. The number of ether oxygens (including phenoxy) is 1. The van der Waals surface area contributed by atoms with E-state index in [2.05, 4.69) is 0 Å². The first-order chi connectivity index (χ1) is 8.11. The Morgan fingerprint density at radius 2 is 2.12 bits per heavy atom. The molecule has 4 heteroatoms. The van der Waals surface area contributed by atoms with Crippen LogP contribution in [0.3, 0.4) is 0 Å². The Bertz CT molecular complexity index is 504. The van der Waals surface area contributed by atoms with Gasteiger partial charge in [-0.25, -0.2) is 0 Å². The summed E-state index contributed by atoms with van der Waals surface area (Å²) in [6.45, 7) is 1.99. The van der Waals surface area contributed by atoms with E-state index < -0.39 is 0 Å². The van der Waals surface area contributed by atoms with Crippen molar-refractivity contribution in [2.45, 2.75) is 13.0 Å². The lowest BCUT2D eigenvalue weighted by atomic mass is 10.1. The summed E-state index contributed by atoms with van der Waals surface area (Å²) < 4.78 is 6.00. The predicted octanol–water partition coefficient (Wildman–Crippen LogP) is 3.77. The lowest BCUT2D eigenvalue weighted by Gasteiger charge is -2.11. The van der Waals surface area contributed by atoms with E-state index in [1.807, 2.05) is 37.3 Å². The Hall–Kier alpha value is -1.03. The molecular weight excluding hydrogens is 254 g/mol. The highest BCUT2D eigenvalue weighted by molar-refractivity contribution is 7.16. The summed E-state index contributed by atoms with van der Waals surface area (Å²) in [5.41, 5.74) is 8.32. The molecule has 0 aliphatic heterocycles. The maximum atomic E-state index is 6.22. The molecule has 0 aliphatic carbocycles. The van der Waals surface area contributed by atoms with Crippen LogP contribution in [-0.4, -0.2) is 7.11 Å². The number of hydrogen-bond acceptors (Lipinski definition) is 3. The van der Waals surface area contributed by atoms with Crippen LogP contribution in [-0.2, 0) is 0 Å². The molecular formula is C13H14ClNOS. The Morgan fingerprint density at radius 3 is 2.71 bits per heavy atom. The van der Waals surface area contributed by atoms with E-state index >= 15 is 0 Å². The van der Waals surface area contributed by atoms with Crippen LogP contribution < -0.4 is 10.5 Å². The molecule has 2 N–H and O–H groups in total. The van der Waals surface area contributed by atoms with E-state index in [1.54, 1.807) is 7.11 Å². The third-order valence-electron chi connectivity index (χ3n) is 2.64. The van der Waals surface area contributed by atoms with Crippen molar-refractivity contribution >= 4 is 22.9 Å². The van der Waals surface area contributed by atoms with Crippen molar-refractivity contribution in [2.24, 2.45) is 5.73 Å². The van der Waals surface area contributed by atoms with Gasteiger partial charge in [-0.2, -0.15) is 0 Å². The van der Waals surface area contributed by atoms with E-state index in [4.69, 9.17) is 22.1 Å². The van der Waals surface area contributed by atoms with Gasteiger partial charge in [0, 0.05) is 4.88 Å². The molecule has 0 spiro atoms. The Morgan fingerprint density at radius 1 is 1.35 bits per heavy atom. The molecule has 0 aliphatic rings. The Balaban J connectivity index is 2.32. The maximum absolute atomic E-state index is 6.22. The van der Waals surface area contributed by atoms with Gasteiger partial charge in [-0.1, -0.05) is 23.7 Å². The monoisotopic (exact) mass is 267 g/mol. The SMILES string of the molecule is COc1cccc(C(N)c2cc(C)c(Cl)s2)c1. The minimum atomic E-state index is -0.152. The molecule has 2 aromatic rings. The molecule has 1 aromatic carbocycles. The first-order valence-corrected chi connectivity index (χ1v) is 6.46. The normalized spacial score (nSPS) is 12.5. The van der Waals surface area contributed by atoms with Gasteiger partial charge < -0.3 is 10.5 Å². The summed E-state index contributed by atoms with van der Waals surface area (Å²) >= 11 is 7.59. The van der Waals surface area contributed by atoms with Gasteiger partial charge in [-0.3, -0.25) is 0 Å². The van der Waals surface area contributed by atoms with Crippen molar-refractivity contribution in [3.63, 3.8) is 0 Å². The second kappa shape index (κ2) is 5.08. The maximum Gasteiger partial charge on any atom is 0.119 e. The quantitative estimate of drug-likeness (QED) is 0.919. The molecule has 0 saturated heterocycles. The summed E-state index contributed by atoms with van der Waals surface area (Å²) in [6, 6.07) is 9.68. The number of nitrogens with two attached hydrogens (primary N) is 1. The fourth-order valence-corrected chi connectivity index (χ4v) is 2.88. The molecule has 0 radical (unpaired) electrons. The number of benzene rings is 1. The molecule has 0 amide bonds. The van der Waals surface area contributed by atoms with Crippen molar-refractivity contribution in [2.75, 3.05) is 7.11 Å². The van der Waals surface area contributed by atoms with Gasteiger partial charge in [-0.15, -0.1) is 11.3 Å². The van der Waals surface area contributed by atoms with E-state index in [1.165, 1.54) is 11.3 Å². The fraction of sp³-hybridized carbons (Fsp3) is 0.231. The molecule has 1 heterocycles. The molecule has 2 rings (SSSR count). The smallest absolute Gasteiger partial charge is 0.119 e. The molecule has 2 nitrogen and oxygen atoms in total. The summed E-state index contributed by atoms with van der Waals surface area (Å²) in [6.07, 6.45) is 0. The number of rotatable bonds is 3.